The van der Waals surface area contributed by atoms with Crippen LogP contribution in [0.15, 0.2) is 0 Å². The van der Waals surface area contributed by atoms with Crippen molar-refractivity contribution in [1.82, 2.24) is 9.44 Å². The number of rotatable bonds is 4. The molecule has 0 radical (unpaired) electrons. The highest BCUT2D eigenvalue weighted by Gasteiger charge is 2.37. The van der Waals surface area contributed by atoms with Crippen molar-refractivity contribution >= 4 is 10.2 Å². The predicted molar refractivity (Wildman–Crippen MR) is 57.5 cm³/mol. The van der Waals surface area contributed by atoms with Crippen LogP contribution in [0.1, 0.15) is 32.1 Å². The van der Waals surface area contributed by atoms with E-state index in [9.17, 15) is 21.6 Å². The topological polar surface area (TPSA) is 82.0 Å². The van der Waals surface area contributed by atoms with Gasteiger partial charge in [-0.1, -0.05) is 19.3 Å². The zero-order valence-corrected chi connectivity index (χ0v) is 10.4. The zero-order valence-electron chi connectivity index (χ0n) is 9.55. The Balaban J connectivity index is 2.66. The Bertz CT molecular complexity index is 421. The summed E-state index contributed by atoms with van der Waals surface area (Å²) in [5.74, 6) is 0. The first-order valence-corrected chi connectivity index (χ1v) is 6.93. The maximum absolute atomic E-state index is 11.9. The fourth-order valence-electron chi connectivity index (χ4n) is 1.86. The zero-order chi connectivity index (χ0) is 13.9. The molecule has 0 atom stereocenters. The molecule has 1 aliphatic carbocycles. The molecular formula is C9H14F3N3O2S. The van der Waals surface area contributed by atoms with Crippen LogP contribution in [0.5, 0.6) is 0 Å². The number of alkyl halides is 3. The van der Waals surface area contributed by atoms with Crippen molar-refractivity contribution in [2.24, 2.45) is 0 Å². The normalized spacial score (nSPS) is 20.3. The molecular weight excluding hydrogens is 271 g/mol. The summed E-state index contributed by atoms with van der Waals surface area (Å²) in [5.41, 5.74) is -1.28. The van der Waals surface area contributed by atoms with Gasteiger partial charge in [0.05, 0.1) is 6.07 Å². The lowest BCUT2D eigenvalue weighted by Gasteiger charge is -2.31. The highest BCUT2D eigenvalue weighted by molar-refractivity contribution is 7.87. The van der Waals surface area contributed by atoms with Gasteiger partial charge in [0.25, 0.3) is 10.2 Å². The smallest absolute Gasteiger partial charge is 0.196 e. The highest BCUT2D eigenvalue weighted by Crippen LogP contribution is 2.28. The molecule has 2 N–H and O–H groups in total. The van der Waals surface area contributed by atoms with Crippen LogP contribution in [-0.2, 0) is 10.2 Å². The van der Waals surface area contributed by atoms with E-state index in [1.165, 1.54) is 4.72 Å². The monoisotopic (exact) mass is 285 g/mol. The van der Waals surface area contributed by atoms with Gasteiger partial charge in [-0.25, -0.2) is 0 Å². The molecule has 0 heterocycles. The molecule has 0 aromatic rings. The van der Waals surface area contributed by atoms with Crippen molar-refractivity contribution in [3.05, 3.63) is 0 Å². The summed E-state index contributed by atoms with van der Waals surface area (Å²) >= 11 is 0. The van der Waals surface area contributed by atoms with E-state index in [1.54, 1.807) is 0 Å². The number of hydrogen-bond donors (Lipinski definition) is 2. The van der Waals surface area contributed by atoms with Gasteiger partial charge in [0, 0.05) is 0 Å². The van der Waals surface area contributed by atoms with Gasteiger partial charge in [-0.05, 0) is 12.8 Å². The largest absolute Gasteiger partial charge is 0.402 e. The van der Waals surface area contributed by atoms with Crippen LogP contribution < -0.4 is 9.44 Å². The molecule has 0 aromatic carbocycles. The molecule has 5 nitrogen and oxygen atoms in total. The van der Waals surface area contributed by atoms with Crippen LogP contribution in [-0.4, -0.2) is 26.7 Å². The maximum atomic E-state index is 11.9. The number of hydrogen-bond acceptors (Lipinski definition) is 3. The maximum Gasteiger partial charge on any atom is 0.402 e. The highest BCUT2D eigenvalue weighted by atomic mass is 32.2. The van der Waals surface area contributed by atoms with Crippen molar-refractivity contribution in [3.8, 4) is 6.07 Å². The first-order valence-electron chi connectivity index (χ1n) is 5.45. The number of nitrogens with zero attached hydrogens (tertiary/aromatic N) is 1. The minimum absolute atomic E-state index is 0.316. The lowest BCUT2D eigenvalue weighted by atomic mass is 9.84. The van der Waals surface area contributed by atoms with E-state index in [0.29, 0.717) is 25.7 Å². The van der Waals surface area contributed by atoms with Gasteiger partial charge < -0.3 is 0 Å². The second-order valence-electron chi connectivity index (χ2n) is 4.30. The Hall–Kier alpha value is -0.850. The van der Waals surface area contributed by atoms with Gasteiger partial charge in [0.1, 0.15) is 12.1 Å². The third-order valence-electron chi connectivity index (χ3n) is 2.71. The van der Waals surface area contributed by atoms with Gasteiger partial charge in [0.15, 0.2) is 0 Å². The molecule has 1 aliphatic rings. The summed E-state index contributed by atoms with van der Waals surface area (Å²) in [4.78, 5) is 0. The van der Waals surface area contributed by atoms with Crippen molar-refractivity contribution in [3.63, 3.8) is 0 Å². The van der Waals surface area contributed by atoms with Gasteiger partial charge in [0.2, 0.25) is 0 Å². The van der Waals surface area contributed by atoms with Gasteiger partial charge in [-0.15, -0.1) is 0 Å². The van der Waals surface area contributed by atoms with Crippen LogP contribution in [0, 0.1) is 11.3 Å². The molecule has 104 valence electrons. The van der Waals surface area contributed by atoms with E-state index in [1.807, 2.05) is 10.8 Å². The number of halogens is 3. The molecule has 0 amide bonds. The van der Waals surface area contributed by atoms with E-state index >= 15 is 0 Å². The third-order valence-corrected chi connectivity index (χ3v) is 3.90. The minimum atomic E-state index is -4.62. The summed E-state index contributed by atoms with van der Waals surface area (Å²) in [5, 5.41) is 9.01. The predicted octanol–water partition coefficient (Wildman–Crippen LogP) is 1.20. The molecule has 1 fully saturated rings. The van der Waals surface area contributed by atoms with Gasteiger partial charge in [-0.2, -0.15) is 36.3 Å². The average Bonchev–Trinajstić information content (AvgIpc) is 2.27. The SMILES string of the molecule is N#CC1(NS(=O)(=O)NCC(F)(F)F)CCCCC1. The van der Waals surface area contributed by atoms with Gasteiger partial charge in [-0.3, -0.25) is 0 Å². The first-order chi connectivity index (χ1) is 8.18. The van der Waals surface area contributed by atoms with Crippen molar-refractivity contribution in [2.75, 3.05) is 6.54 Å². The van der Waals surface area contributed by atoms with Crippen molar-refractivity contribution < 1.29 is 21.6 Å². The number of nitrogens with one attached hydrogen (secondary N) is 2. The summed E-state index contributed by atoms with van der Waals surface area (Å²) < 4.78 is 62.1. The molecule has 9 heteroatoms. The first kappa shape index (κ1) is 15.2. The Kier molecular flexibility index (Phi) is 4.58. The third kappa shape index (κ3) is 4.80. The van der Waals surface area contributed by atoms with Crippen LogP contribution in [0.25, 0.3) is 0 Å². The quantitative estimate of drug-likeness (QED) is 0.814. The summed E-state index contributed by atoms with van der Waals surface area (Å²) in [7, 11) is -4.33. The van der Waals surface area contributed by atoms with Crippen LogP contribution in [0.2, 0.25) is 0 Å². The van der Waals surface area contributed by atoms with Crippen LogP contribution in [0.4, 0.5) is 13.2 Å². The Morgan fingerprint density at radius 3 is 2.22 bits per heavy atom. The molecule has 1 saturated carbocycles. The second kappa shape index (κ2) is 5.42. The fourth-order valence-corrected chi connectivity index (χ4v) is 3.05. The fraction of sp³-hybridized carbons (Fsp3) is 0.889. The Morgan fingerprint density at radius 1 is 1.22 bits per heavy atom. The van der Waals surface area contributed by atoms with E-state index in [-0.39, 0.29) is 0 Å². The molecule has 0 aromatic heterocycles. The summed E-state index contributed by atoms with van der Waals surface area (Å²) in [6, 6.07) is 1.86. The van der Waals surface area contributed by atoms with E-state index in [2.05, 4.69) is 0 Å². The van der Waals surface area contributed by atoms with E-state index in [4.69, 9.17) is 5.26 Å². The standard InChI is InChI=1S/C9H14F3N3O2S/c10-9(11,12)7-14-18(16,17)15-8(6-13)4-2-1-3-5-8/h14-15H,1-5,7H2. The van der Waals surface area contributed by atoms with E-state index < -0.39 is 28.5 Å². The van der Waals surface area contributed by atoms with Crippen LogP contribution in [0.3, 0.4) is 0 Å². The molecule has 18 heavy (non-hydrogen) atoms. The molecule has 0 aliphatic heterocycles. The molecule has 0 saturated heterocycles. The lowest BCUT2D eigenvalue weighted by molar-refractivity contribution is -0.121. The van der Waals surface area contributed by atoms with Crippen molar-refractivity contribution in [2.45, 2.75) is 43.8 Å². The molecule has 1 rings (SSSR count). The Labute approximate surface area is 104 Å². The lowest BCUT2D eigenvalue weighted by Crippen LogP contribution is -2.53. The molecule has 0 spiro atoms. The summed E-state index contributed by atoms with van der Waals surface area (Å²) in [6.45, 7) is -1.65. The van der Waals surface area contributed by atoms with Crippen molar-refractivity contribution in [1.29, 1.82) is 5.26 Å². The summed E-state index contributed by atoms with van der Waals surface area (Å²) in [6.07, 6.45) is -1.75. The average molecular weight is 285 g/mol. The number of nitriles is 1. The molecule has 0 bridgehead atoms. The van der Waals surface area contributed by atoms with E-state index in [0.717, 1.165) is 6.42 Å². The molecule has 0 unspecified atom stereocenters. The second-order valence-corrected chi connectivity index (χ2v) is 5.80. The minimum Gasteiger partial charge on any atom is -0.196 e. The van der Waals surface area contributed by atoms with Crippen LogP contribution >= 0.6 is 0 Å². The Morgan fingerprint density at radius 2 is 1.78 bits per heavy atom. The van der Waals surface area contributed by atoms with Gasteiger partial charge >= 0.3 is 6.18 Å².